The zero-order valence-corrected chi connectivity index (χ0v) is 11.0. The molecule has 0 aromatic heterocycles. The van der Waals surface area contributed by atoms with Gasteiger partial charge in [-0.2, -0.15) is 13.2 Å². The summed E-state index contributed by atoms with van der Waals surface area (Å²) in [7, 11) is 0. The van der Waals surface area contributed by atoms with Crippen LogP contribution in [-0.4, -0.2) is 42.7 Å². The SMILES string of the molecule is O=C(C1CCCC1)N(CC(F)(F)F)C1CCNCC1. The number of carbonyl (C=O) groups excluding carboxylic acids is 1. The molecule has 1 N–H and O–H groups in total. The number of rotatable bonds is 3. The Labute approximate surface area is 111 Å². The molecule has 0 bridgehead atoms. The molecule has 0 aromatic rings. The number of nitrogens with one attached hydrogen (secondary N) is 1. The minimum absolute atomic E-state index is 0.183. The summed E-state index contributed by atoms with van der Waals surface area (Å²) < 4.78 is 38.1. The molecule has 1 aliphatic heterocycles. The average molecular weight is 278 g/mol. The fourth-order valence-corrected chi connectivity index (χ4v) is 3.11. The molecule has 1 amide bonds. The Hall–Kier alpha value is -0.780. The molecule has 2 fully saturated rings. The molecule has 2 aliphatic rings. The summed E-state index contributed by atoms with van der Waals surface area (Å²) in [6.45, 7) is 0.293. The molecule has 2 rings (SSSR count). The van der Waals surface area contributed by atoms with E-state index in [1.54, 1.807) is 0 Å². The van der Waals surface area contributed by atoms with Gasteiger partial charge in [0.25, 0.3) is 0 Å². The molecule has 1 saturated heterocycles. The lowest BCUT2D eigenvalue weighted by Crippen LogP contribution is -2.51. The molecule has 0 atom stereocenters. The van der Waals surface area contributed by atoms with Crippen molar-refractivity contribution in [2.45, 2.75) is 50.7 Å². The summed E-state index contributed by atoms with van der Waals surface area (Å²) in [5, 5.41) is 3.12. The number of amides is 1. The van der Waals surface area contributed by atoms with Crippen LogP contribution in [0.4, 0.5) is 13.2 Å². The maximum absolute atomic E-state index is 12.7. The van der Waals surface area contributed by atoms with Gasteiger partial charge in [0.05, 0.1) is 0 Å². The van der Waals surface area contributed by atoms with Crippen LogP contribution in [0.5, 0.6) is 0 Å². The van der Waals surface area contributed by atoms with Crippen molar-refractivity contribution in [2.75, 3.05) is 19.6 Å². The van der Waals surface area contributed by atoms with Gasteiger partial charge in [0.15, 0.2) is 0 Å². The van der Waals surface area contributed by atoms with Gasteiger partial charge in [0.2, 0.25) is 5.91 Å². The number of carbonyl (C=O) groups is 1. The van der Waals surface area contributed by atoms with Crippen molar-refractivity contribution in [2.24, 2.45) is 5.92 Å². The van der Waals surface area contributed by atoms with Gasteiger partial charge in [-0.05, 0) is 38.8 Å². The van der Waals surface area contributed by atoms with E-state index in [0.717, 1.165) is 30.6 Å². The molecule has 0 spiro atoms. The van der Waals surface area contributed by atoms with Gasteiger partial charge in [-0.3, -0.25) is 4.79 Å². The summed E-state index contributed by atoms with van der Waals surface area (Å²) in [5.74, 6) is -0.459. The first kappa shape index (κ1) is 14.6. The van der Waals surface area contributed by atoms with E-state index in [9.17, 15) is 18.0 Å². The predicted molar refractivity (Wildman–Crippen MR) is 65.6 cm³/mol. The third-order valence-electron chi connectivity index (χ3n) is 4.09. The molecule has 3 nitrogen and oxygen atoms in total. The topological polar surface area (TPSA) is 32.3 Å². The van der Waals surface area contributed by atoms with E-state index in [-0.39, 0.29) is 17.9 Å². The number of alkyl halides is 3. The van der Waals surface area contributed by atoms with Crippen LogP contribution in [0.3, 0.4) is 0 Å². The van der Waals surface area contributed by atoms with Crippen molar-refractivity contribution in [3.8, 4) is 0 Å². The smallest absolute Gasteiger partial charge is 0.330 e. The van der Waals surface area contributed by atoms with Gasteiger partial charge < -0.3 is 10.2 Å². The normalized spacial score (nSPS) is 22.7. The molecular formula is C13H21F3N2O. The van der Waals surface area contributed by atoms with E-state index < -0.39 is 12.7 Å². The van der Waals surface area contributed by atoms with Crippen LogP contribution in [0.2, 0.25) is 0 Å². The molecule has 110 valence electrons. The molecule has 19 heavy (non-hydrogen) atoms. The minimum Gasteiger partial charge on any atom is -0.330 e. The van der Waals surface area contributed by atoms with Crippen molar-refractivity contribution in [1.82, 2.24) is 10.2 Å². The molecule has 1 saturated carbocycles. The first-order valence-electron chi connectivity index (χ1n) is 7.05. The van der Waals surface area contributed by atoms with Crippen LogP contribution in [0.25, 0.3) is 0 Å². The van der Waals surface area contributed by atoms with Crippen molar-refractivity contribution in [3.05, 3.63) is 0 Å². The van der Waals surface area contributed by atoms with Gasteiger partial charge in [0, 0.05) is 12.0 Å². The number of hydrogen-bond donors (Lipinski definition) is 1. The highest BCUT2D eigenvalue weighted by molar-refractivity contribution is 5.79. The van der Waals surface area contributed by atoms with E-state index in [4.69, 9.17) is 0 Å². The van der Waals surface area contributed by atoms with Crippen LogP contribution in [0.15, 0.2) is 0 Å². The highest BCUT2D eigenvalue weighted by Gasteiger charge is 2.39. The van der Waals surface area contributed by atoms with E-state index in [0.29, 0.717) is 25.9 Å². The van der Waals surface area contributed by atoms with Crippen molar-refractivity contribution in [3.63, 3.8) is 0 Å². The van der Waals surface area contributed by atoms with Gasteiger partial charge in [0.1, 0.15) is 6.54 Å². The second-order valence-electron chi connectivity index (χ2n) is 5.54. The van der Waals surface area contributed by atoms with E-state index in [1.165, 1.54) is 0 Å². The summed E-state index contributed by atoms with van der Waals surface area (Å²) >= 11 is 0. The number of nitrogens with zero attached hydrogens (tertiary/aromatic N) is 1. The summed E-state index contributed by atoms with van der Waals surface area (Å²) in [6.07, 6.45) is 0.351. The monoisotopic (exact) mass is 278 g/mol. The minimum atomic E-state index is -4.31. The third kappa shape index (κ3) is 4.09. The second-order valence-corrected chi connectivity index (χ2v) is 5.54. The first-order chi connectivity index (χ1) is 8.97. The highest BCUT2D eigenvalue weighted by Crippen LogP contribution is 2.30. The van der Waals surface area contributed by atoms with Gasteiger partial charge in [-0.1, -0.05) is 12.8 Å². The fraction of sp³-hybridized carbons (Fsp3) is 0.923. The zero-order chi connectivity index (χ0) is 13.9. The number of piperidine rings is 1. The van der Waals surface area contributed by atoms with Crippen LogP contribution < -0.4 is 5.32 Å². The summed E-state index contributed by atoms with van der Waals surface area (Å²) in [5.41, 5.74) is 0. The van der Waals surface area contributed by atoms with Crippen molar-refractivity contribution in [1.29, 1.82) is 0 Å². The van der Waals surface area contributed by atoms with Crippen LogP contribution in [0.1, 0.15) is 38.5 Å². The number of hydrogen-bond acceptors (Lipinski definition) is 2. The second kappa shape index (κ2) is 6.11. The molecule has 0 aromatic carbocycles. The maximum Gasteiger partial charge on any atom is 0.406 e. The van der Waals surface area contributed by atoms with E-state index in [1.807, 2.05) is 0 Å². The molecular weight excluding hydrogens is 257 g/mol. The Kier molecular flexibility index (Phi) is 4.71. The van der Waals surface area contributed by atoms with E-state index in [2.05, 4.69) is 5.32 Å². The fourth-order valence-electron chi connectivity index (χ4n) is 3.11. The lowest BCUT2D eigenvalue weighted by atomic mass is 10.0. The van der Waals surface area contributed by atoms with E-state index >= 15 is 0 Å². The van der Waals surface area contributed by atoms with Crippen molar-refractivity contribution < 1.29 is 18.0 Å². The Morgan fingerprint density at radius 1 is 1.11 bits per heavy atom. The Bertz CT molecular complexity index is 308. The molecule has 0 radical (unpaired) electrons. The van der Waals surface area contributed by atoms with Crippen LogP contribution in [0, 0.1) is 5.92 Å². The Morgan fingerprint density at radius 2 is 1.68 bits per heavy atom. The average Bonchev–Trinajstić information content (AvgIpc) is 2.89. The summed E-state index contributed by atoms with van der Waals surface area (Å²) in [4.78, 5) is 13.4. The molecule has 1 heterocycles. The summed E-state index contributed by atoms with van der Waals surface area (Å²) in [6, 6.07) is -0.254. The highest BCUT2D eigenvalue weighted by atomic mass is 19.4. The lowest BCUT2D eigenvalue weighted by Gasteiger charge is -2.36. The van der Waals surface area contributed by atoms with Gasteiger partial charge >= 0.3 is 6.18 Å². The quantitative estimate of drug-likeness (QED) is 0.859. The first-order valence-corrected chi connectivity index (χ1v) is 7.05. The number of halogens is 3. The Balaban J connectivity index is 2.05. The lowest BCUT2D eigenvalue weighted by molar-refractivity contribution is -0.169. The largest absolute Gasteiger partial charge is 0.406 e. The molecule has 0 unspecified atom stereocenters. The maximum atomic E-state index is 12.7. The van der Waals surface area contributed by atoms with Gasteiger partial charge in [-0.15, -0.1) is 0 Å². The standard InChI is InChI=1S/C13H21F3N2O/c14-13(15,16)9-18(11-5-7-17-8-6-11)12(19)10-3-1-2-4-10/h10-11,17H,1-9H2. The van der Waals surface area contributed by atoms with Crippen LogP contribution >= 0.6 is 0 Å². The predicted octanol–water partition coefficient (Wildman–Crippen LogP) is 2.32. The molecule has 6 heteroatoms. The van der Waals surface area contributed by atoms with Crippen molar-refractivity contribution >= 4 is 5.91 Å². The molecule has 1 aliphatic carbocycles. The zero-order valence-electron chi connectivity index (χ0n) is 11.0. The van der Waals surface area contributed by atoms with Gasteiger partial charge in [-0.25, -0.2) is 0 Å². The third-order valence-corrected chi connectivity index (χ3v) is 4.09. The Morgan fingerprint density at radius 3 is 2.21 bits per heavy atom. The van der Waals surface area contributed by atoms with Crippen LogP contribution in [-0.2, 0) is 4.79 Å².